The summed E-state index contributed by atoms with van der Waals surface area (Å²) in [5.74, 6) is 0.466. The Kier molecular flexibility index (Phi) is 8.62. The summed E-state index contributed by atoms with van der Waals surface area (Å²) in [7, 11) is 0. The molecule has 1 amide bonds. The first-order valence-electron chi connectivity index (χ1n) is 9.94. The Balaban J connectivity index is 1.70. The second kappa shape index (κ2) is 10.5. The highest BCUT2D eigenvalue weighted by Gasteiger charge is 2.33. The van der Waals surface area contributed by atoms with E-state index in [9.17, 15) is 4.79 Å². The summed E-state index contributed by atoms with van der Waals surface area (Å²) in [5, 5.41) is 3.16. The third-order valence-corrected chi connectivity index (χ3v) is 5.05. The molecular weight excluding hydrogens is 318 g/mol. The van der Waals surface area contributed by atoms with E-state index in [4.69, 9.17) is 9.47 Å². The van der Waals surface area contributed by atoms with Crippen LogP contribution in [0.5, 0.6) is 0 Å². The Hall–Kier alpha value is -0.690. The minimum atomic E-state index is -0.0620. The lowest BCUT2D eigenvalue weighted by Gasteiger charge is -2.41. The van der Waals surface area contributed by atoms with Crippen LogP contribution in [0, 0.1) is 5.92 Å². The molecule has 3 atom stereocenters. The van der Waals surface area contributed by atoms with E-state index in [2.05, 4.69) is 42.8 Å². The maximum Gasteiger partial charge on any atom is 0.237 e. The standard InChI is InChI=1S/C19H37N3O3/c1-15(2)18(22-13-16(3)25-17(4)14-22)19(23)20-7-5-6-8-21-9-11-24-12-10-21/h15-18H,5-14H2,1-4H3,(H,20,23). The molecule has 25 heavy (non-hydrogen) atoms. The van der Waals surface area contributed by atoms with Gasteiger partial charge in [-0.05, 0) is 39.2 Å². The number of hydrogen-bond donors (Lipinski definition) is 1. The summed E-state index contributed by atoms with van der Waals surface area (Å²) in [6.07, 6.45) is 2.53. The molecule has 2 aliphatic heterocycles. The fraction of sp³-hybridized carbons (Fsp3) is 0.947. The van der Waals surface area contributed by atoms with Crippen LogP contribution in [0.15, 0.2) is 0 Å². The Morgan fingerprint density at radius 1 is 1.12 bits per heavy atom. The quantitative estimate of drug-likeness (QED) is 0.666. The van der Waals surface area contributed by atoms with Gasteiger partial charge in [-0.1, -0.05) is 13.8 Å². The van der Waals surface area contributed by atoms with E-state index in [0.717, 1.165) is 65.3 Å². The average molecular weight is 356 g/mol. The normalized spacial score (nSPS) is 27.4. The maximum absolute atomic E-state index is 12.7. The maximum atomic E-state index is 12.7. The van der Waals surface area contributed by atoms with Gasteiger partial charge in [0.15, 0.2) is 0 Å². The van der Waals surface area contributed by atoms with Crippen molar-refractivity contribution in [1.29, 1.82) is 0 Å². The van der Waals surface area contributed by atoms with Gasteiger partial charge < -0.3 is 14.8 Å². The van der Waals surface area contributed by atoms with Crippen molar-refractivity contribution in [3.8, 4) is 0 Å². The highest BCUT2D eigenvalue weighted by atomic mass is 16.5. The molecule has 0 aliphatic carbocycles. The number of amides is 1. The van der Waals surface area contributed by atoms with Crippen LogP contribution in [0.4, 0.5) is 0 Å². The molecule has 6 heteroatoms. The Morgan fingerprint density at radius 2 is 1.76 bits per heavy atom. The second-order valence-corrected chi connectivity index (χ2v) is 7.85. The van der Waals surface area contributed by atoms with Crippen molar-refractivity contribution in [2.75, 3.05) is 52.5 Å². The van der Waals surface area contributed by atoms with Crippen LogP contribution in [0.25, 0.3) is 0 Å². The summed E-state index contributed by atoms with van der Waals surface area (Å²) >= 11 is 0. The SMILES string of the molecule is CC1CN(C(C(=O)NCCCCN2CCOCC2)C(C)C)CC(C)O1. The molecule has 0 spiro atoms. The monoisotopic (exact) mass is 355 g/mol. The molecular formula is C19H37N3O3. The van der Waals surface area contributed by atoms with Crippen molar-refractivity contribution >= 4 is 5.91 Å². The van der Waals surface area contributed by atoms with Gasteiger partial charge in [0, 0.05) is 32.7 Å². The van der Waals surface area contributed by atoms with E-state index in [1.165, 1.54) is 0 Å². The van der Waals surface area contributed by atoms with E-state index in [1.807, 2.05) is 0 Å². The number of ether oxygens (including phenoxy) is 2. The molecule has 0 bridgehead atoms. The first kappa shape index (κ1) is 20.6. The van der Waals surface area contributed by atoms with Crippen molar-refractivity contribution in [3.63, 3.8) is 0 Å². The highest BCUT2D eigenvalue weighted by Crippen LogP contribution is 2.18. The summed E-state index contributed by atoms with van der Waals surface area (Å²) in [5.41, 5.74) is 0. The van der Waals surface area contributed by atoms with Crippen molar-refractivity contribution in [1.82, 2.24) is 15.1 Å². The first-order chi connectivity index (χ1) is 12.0. The molecule has 0 aromatic rings. The van der Waals surface area contributed by atoms with Crippen LogP contribution in [-0.2, 0) is 14.3 Å². The van der Waals surface area contributed by atoms with Gasteiger partial charge in [-0.25, -0.2) is 0 Å². The van der Waals surface area contributed by atoms with Crippen LogP contribution in [0.2, 0.25) is 0 Å². The zero-order valence-corrected chi connectivity index (χ0v) is 16.5. The smallest absolute Gasteiger partial charge is 0.237 e. The van der Waals surface area contributed by atoms with E-state index >= 15 is 0 Å². The minimum absolute atomic E-state index is 0.0620. The van der Waals surface area contributed by atoms with Gasteiger partial charge in [0.25, 0.3) is 0 Å². The van der Waals surface area contributed by atoms with E-state index < -0.39 is 0 Å². The average Bonchev–Trinajstić information content (AvgIpc) is 2.54. The molecule has 0 radical (unpaired) electrons. The number of nitrogens with one attached hydrogen (secondary N) is 1. The summed E-state index contributed by atoms with van der Waals surface area (Å²) < 4.78 is 11.2. The minimum Gasteiger partial charge on any atom is -0.379 e. The zero-order valence-electron chi connectivity index (χ0n) is 16.5. The molecule has 0 aromatic carbocycles. The fourth-order valence-electron chi connectivity index (χ4n) is 3.94. The lowest BCUT2D eigenvalue weighted by atomic mass is 9.99. The van der Waals surface area contributed by atoms with E-state index in [-0.39, 0.29) is 24.2 Å². The second-order valence-electron chi connectivity index (χ2n) is 7.85. The van der Waals surface area contributed by atoms with Gasteiger partial charge in [0.1, 0.15) is 0 Å². The predicted octanol–water partition coefficient (Wildman–Crippen LogP) is 1.35. The van der Waals surface area contributed by atoms with Gasteiger partial charge in [-0.3, -0.25) is 14.6 Å². The van der Waals surface area contributed by atoms with Crippen LogP contribution in [0.1, 0.15) is 40.5 Å². The molecule has 2 aliphatic rings. The molecule has 6 nitrogen and oxygen atoms in total. The zero-order chi connectivity index (χ0) is 18.2. The molecule has 1 N–H and O–H groups in total. The molecule has 2 heterocycles. The molecule has 2 rings (SSSR count). The molecule has 2 fully saturated rings. The summed E-state index contributed by atoms with van der Waals surface area (Å²) in [6.45, 7) is 15.7. The van der Waals surface area contributed by atoms with Gasteiger partial charge in [0.05, 0.1) is 31.5 Å². The number of hydrogen-bond acceptors (Lipinski definition) is 5. The fourth-order valence-corrected chi connectivity index (χ4v) is 3.94. The number of unbranched alkanes of at least 4 members (excludes halogenated alkanes) is 1. The molecule has 2 saturated heterocycles. The first-order valence-corrected chi connectivity index (χ1v) is 9.94. The number of carbonyl (C=O) groups excluding carboxylic acids is 1. The van der Waals surface area contributed by atoms with Crippen molar-refractivity contribution in [3.05, 3.63) is 0 Å². The Labute approximate surface area is 153 Å². The topological polar surface area (TPSA) is 54.0 Å². The molecule has 0 saturated carbocycles. The van der Waals surface area contributed by atoms with E-state index in [1.54, 1.807) is 0 Å². The van der Waals surface area contributed by atoms with Gasteiger partial charge in [0.2, 0.25) is 5.91 Å². The van der Waals surface area contributed by atoms with Gasteiger partial charge >= 0.3 is 0 Å². The van der Waals surface area contributed by atoms with Crippen LogP contribution in [0.3, 0.4) is 0 Å². The Morgan fingerprint density at radius 3 is 2.36 bits per heavy atom. The van der Waals surface area contributed by atoms with Crippen molar-refractivity contribution in [2.45, 2.75) is 58.8 Å². The van der Waals surface area contributed by atoms with Gasteiger partial charge in [-0.2, -0.15) is 0 Å². The number of morpholine rings is 2. The molecule has 146 valence electrons. The highest BCUT2D eigenvalue weighted by molar-refractivity contribution is 5.82. The Bertz CT molecular complexity index is 389. The number of rotatable bonds is 8. The van der Waals surface area contributed by atoms with E-state index in [0.29, 0.717) is 5.92 Å². The molecule has 3 unspecified atom stereocenters. The summed E-state index contributed by atoms with van der Waals surface area (Å²) in [4.78, 5) is 17.5. The lowest BCUT2D eigenvalue weighted by molar-refractivity contribution is -0.135. The van der Waals surface area contributed by atoms with Crippen molar-refractivity contribution < 1.29 is 14.3 Å². The predicted molar refractivity (Wildman–Crippen MR) is 99.7 cm³/mol. The largest absolute Gasteiger partial charge is 0.379 e. The van der Waals surface area contributed by atoms with Gasteiger partial charge in [-0.15, -0.1) is 0 Å². The van der Waals surface area contributed by atoms with Crippen LogP contribution in [-0.4, -0.2) is 86.4 Å². The van der Waals surface area contributed by atoms with Crippen LogP contribution >= 0.6 is 0 Å². The molecule has 0 aromatic heterocycles. The third-order valence-electron chi connectivity index (χ3n) is 5.05. The summed E-state index contributed by atoms with van der Waals surface area (Å²) in [6, 6.07) is -0.0620. The third kappa shape index (κ3) is 6.85. The number of carbonyl (C=O) groups is 1. The van der Waals surface area contributed by atoms with Crippen molar-refractivity contribution in [2.24, 2.45) is 5.92 Å². The number of nitrogens with zero attached hydrogens (tertiary/aromatic N) is 2. The lowest BCUT2D eigenvalue weighted by Crippen LogP contribution is -2.57. The van der Waals surface area contributed by atoms with Crippen LogP contribution < -0.4 is 5.32 Å².